The molecule has 0 aromatic heterocycles. The zero-order chi connectivity index (χ0) is 41.6. The Morgan fingerprint density at radius 1 is 0.712 bits per heavy atom. The summed E-state index contributed by atoms with van der Waals surface area (Å²) in [6, 6.07) is 45.3. The van der Waals surface area contributed by atoms with E-state index in [9.17, 15) is 0 Å². The molecule has 0 aliphatic carbocycles. The number of rotatable bonds is 11. The van der Waals surface area contributed by atoms with Crippen LogP contribution in [0.3, 0.4) is 0 Å². The molecule has 0 amide bonds. The lowest BCUT2D eigenvalue weighted by molar-refractivity contribution is 0.633. The van der Waals surface area contributed by atoms with Gasteiger partial charge in [0.05, 0.1) is 11.4 Å². The van der Waals surface area contributed by atoms with Gasteiger partial charge in [-0.05, 0) is 149 Å². The van der Waals surface area contributed by atoms with Crippen LogP contribution in [0, 0.1) is 32.0 Å². The molecule has 0 atom stereocenters. The number of halogens is 1. The van der Waals surface area contributed by atoms with E-state index in [0.29, 0.717) is 11.3 Å². The number of aliphatic imine (C=N–C) groups is 1. The third-order valence-electron chi connectivity index (χ3n) is 11.6. The molecule has 0 spiro atoms. The summed E-state index contributed by atoms with van der Waals surface area (Å²) in [5, 5.41) is 4.02. The summed E-state index contributed by atoms with van der Waals surface area (Å²) in [7, 11) is 0. The standard InChI is InChI=1S/C56H51FN2/c1-8-11-24-43-38(6)42-25-15-16-26-45(42)51-34-50(53(57)35-52(43)51)41-32-31-37(5)49(33-41)39(7)44(21-9-2)56(59-55(36(4)10-3)40-22-13-12-14-23-40)48-29-18-17-27-46(48)47-28-19-20-30-54(47)58/h1,11-20,22-35H,9-10,21,58H2,2-7H3/b24-11-,44-39+,55-36?,59-56?. The van der Waals surface area contributed by atoms with Crippen molar-refractivity contribution in [1.29, 1.82) is 0 Å². The van der Waals surface area contributed by atoms with Crippen molar-refractivity contribution in [3.05, 3.63) is 190 Å². The van der Waals surface area contributed by atoms with Crippen LogP contribution in [0.2, 0.25) is 0 Å². The molecule has 7 aromatic carbocycles. The molecule has 0 aliphatic heterocycles. The normalized spacial score (nSPS) is 12.8. The van der Waals surface area contributed by atoms with Gasteiger partial charge in [-0.1, -0.05) is 135 Å². The fourth-order valence-corrected chi connectivity index (χ4v) is 8.31. The van der Waals surface area contributed by atoms with Crippen LogP contribution in [-0.2, 0) is 0 Å². The van der Waals surface area contributed by atoms with Crippen LogP contribution in [0.15, 0.2) is 156 Å². The maximum atomic E-state index is 16.6. The Kier molecular flexibility index (Phi) is 12.2. The van der Waals surface area contributed by atoms with Crippen molar-refractivity contribution < 1.29 is 4.39 Å². The number of para-hydroxylation sites is 1. The maximum Gasteiger partial charge on any atom is 0.131 e. The Morgan fingerprint density at radius 3 is 2.10 bits per heavy atom. The van der Waals surface area contributed by atoms with Crippen LogP contribution in [-0.4, -0.2) is 5.71 Å². The van der Waals surface area contributed by atoms with Gasteiger partial charge in [-0.15, -0.1) is 6.42 Å². The number of allylic oxidation sites excluding steroid dienone is 4. The second kappa shape index (κ2) is 17.8. The minimum Gasteiger partial charge on any atom is -0.398 e. The van der Waals surface area contributed by atoms with Crippen molar-refractivity contribution >= 4 is 50.3 Å². The average molecular weight is 771 g/mol. The predicted octanol–water partition coefficient (Wildman–Crippen LogP) is 15.2. The first-order valence-corrected chi connectivity index (χ1v) is 20.5. The summed E-state index contributed by atoms with van der Waals surface area (Å²) >= 11 is 0. The van der Waals surface area contributed by atoms with E-state index in [2.05, 4.69) is 126 Å². The van der Waals surface area contributed by atoms with Crippen molar-refractivity contribution in [1.82, 2.24) is 0 Å². The van der Waals surface area contributed by atoms with Gasteiger partial charge >= 0.3 is 0 Å². The zero-order valence-electron chi connectivity index (χ0n) is 35.0. The number of terminal acetylenes is 1. The fourth-order valence-electron chi connectivity index (χ4n) is 8.31. The molecule has 0 unspecified atom stereocenters. The van der Waals surface area contributed by atoms with E-state index in [1.165, 1.54) is 5.57 Å². The van der Waals surface area contributed by atoms with Gasteiger partial charge in [0.15, 0.2) is 0 Å². The first-order chi connectivity index (χ1) is 28.7. The highest BCUT2D eigenvalue weighted by molar-refractivity contribution is 6.21. The van der Waals surface area contributed by atoms with E-state index in [1.807, 2.05) is 54.6 Å². The van der Waals surface area contributed by atoms with Gasteiger partial charge in [-0.25, -0.2) is 9.38 Å². The molecule has 0 aliphatic rings. The number of benzene rings is 7. The summed E-state index contributed by atoms with van der Waals surface area (Å²) in [5.41, 5.74) is 22.3. The number of nitrogen functional groups attached to an aromatic ring is 1. The molecule has 0 heterocycles. The second-order valence-corrected chi connectivity index (χ2v) is 15.3. The minimum atomic E-state index is -0.280. The molecular formula is C56H51FN2. The van der Waals surface area contributed by atoms with E-state index in [0.717, 1.165) is 113 Å². The van der Waals surface area contributed by atoms with Crippen molar-refractivity contribution in [2.75, 3.05) is 5.73 Å². The molecule has 2 N–H and O–H groups in total. The molecule has 292 valence electrons. The highest BCUT2D eigenvalue weighted by atomic mass is 19.1. The number of nitrogens with zero attached hydrogens (tertiary/aromatic N) is 1. The molecule has 2 nitrogen and oxygen atoms in total. The highest BCUT2D eigenvalue weighted by Gasteiger charge is 2.22. The lowest BCUT2D eigenvalue weighted by Crippen LogP contribution is -2.11. The van der Waals surface area contributed by atoms with Gasteiger partial charge in [0.2, 0.25) is 0 Å². The Morgan fingerprint density at radius 2 is 1.39 bits per heavy atom. The quantitative estimate of drug-likeness (QED) is 0.0605. The van der Waals surface area contributed by atoms with Gasteiger partial charge < -0.3 is 5.73 Å². The Hall–Kier alpha value is -6.76. The van der Waals surface area contributed by atoms with E-state index < -0.39 is 0 Å². The van der Waals surface area contributed by atoms with Crippen LogP contribution in [0.4, 0.5) is 10.1 Å². The van der Waals surface area contributed by atoms with E-state index in [4.69, 9.17) is 17.1 Å². The molecule has 59 heavy (non-hydrogen) atoms. The van der Waals surface area contributed by atoms with E-state index in [1.54, 1.807) is 12.1 Å². The van der Waals surface area contributed by atoms with Gasteiger partial charge in [0.1, 0.15) is 5.82 Å². The van der Waals surface area contributed by atoms with Crippen LogP contribution in [0.1, 0.15) is 80.3 Å². The largest absolute Gasteiger partial charge is 0.398 e. The number of fused-ring (bicyclic) bond motifs is 3. The molecule has 0 saturated carbocycles. The Bertz CT molecular complexity index is 2880. The molecule has 0 fully saturated rings. The Labute approximate surface area is 349 Å². The summed E-state index contributed by atoms with van der Waals surface area (Å²) in [6.45, 7) is 13.0. The first-order valence-electron chi connectivity index (χ1n) is 20.5. The van der Waals surface area contributed by atoms with Crippen molar-refractivity contribution in [2.24, 2.45) is 4.99 Å². The molecule has 7 aromatic rings. The number of nitrogens with two attached hydrogens (primary N) is 1. The number of aryl methyl sites for hydroxylation is 2. The van der Waals surface area contributed by atoms with E-state index in [-0.39, 0.29) is 5.82 Å². The predicted molar refractivity (Wildman–Crippen MR) is 254 cm³/mol. The van der Waals surface area contributed by atoms with Gasteiger partial charge in [-0.3, -0.25) is 0 Å². The lowest BCUT2D eigenvalue weighted by atomic mass is 9.85. The highest BCUT2D eigenvalue weighted by Crippen LogP contribution is 2.40. The summed E-state index contributed by atoms with van der Waals surface area (Å²) in [5.74, 6) is 2.33. The van der Waals surface area contributed by atoms with Crippen LogP contribution >= 0.6 is 0 Å². The summed E-state index contributed by atoms with van der Waals surface area (Å²) < 4.78 is 16.6. The molecule has 0 bridgehead atoms. The van der Waals surface area contributed by atoms with Gasteiger partial charge in [-0.2, -0.15) is 0 Å². The SMILES string of the molecule is C#C/C=C\c1c(C)c2ccccc2c2cc(-c3ccc(C)c(/C(C)=C(\CCC)C(=NC(=C(C)CC)c4ccccc4)c4ccccc4-c4ccccc4N)c3)c(F)cc12. The van der Waals surface area contributed by atoms with Crippen LogP contribution in [0.25, 0.3) is 61.1 Å². The summed E-state index contributed by atoms with van der Waals surface area (Å²) in [4.78, 5) is 5.71. The topological polar surface area (TPSA) is 38.4 Å². The van der Waals surface area contributed by atoms with Crippen molar-refractivity contribution in [3.8, 4) is 34.6 Å². The van der Waals surface area contributed by atoms with Crippen molar-refractivity contribution in [2.45, 2.75) is 60.8 Å². The average Bonchev–Trinajstić information content (AvgIpc) is 3.26. The molecule has 0 radical (unpaired) electrons. The fraction of sp³-hybridized carbons (Fsp3) is 0.161. The van der Waals surface area contributed by atoms with Crippen LogP contribution < -0.4 is 5.73 Å². The minimum absolute atomic E-state index is 0.280. The van der Waals surface area contributed by atoms with Gasteiger partial charge in [0.25, 0.3) is 0 Å². The number of anilines is 1. The smallest absolute Gasteiger partial charge is 0.131 e. The third kappa shape index (κ3) is 8.05. The number of hydrogen-bond acceptors (Lipinski definition) is 2. The second-order valence-electron chi connectivity index (χ2n) is 15.3. The zero-order valence-corrected chi connectivity index (χ0v) is 35.0. The molecular weight excluding hydrogens is 720 g/mol. The Balaban J connectivity index is 1.50. The molecule has 3 heteroatoms. The maximum absolute atomic E-state index is 16.6. The van der Waals surface area contributed by atoms with Gasteiger partial charge in [0, 0.05) is 27.9 Å². The van der Waals surface area contributed by atoms with Crippen LogP contribution in [0.5, 0.6) is 0 Å². The summed E-state index contributed by atoms with van der Waals surface area (Å²) in [6.07, 6.45) is 11.8. The van der Waals surface area contributed by atoms with E-state index >= 15 is 4.39 Å². The molecule has 7 rings (SSSR count). The lowest BCUT2D eigenvalue weighted by Gasteiger charge is -2.22. The third-order valence-corrected chi connectivity index (χ3v) is 11.6. The monoisotopic (exact) mass is 770 g/mol. The first kappa shape index (κ1) is 40.4. The molecule has 0 saturated heterocycles. The van der Waals surface area contributed by atoms with Crippen molar-refractivity contribution in [3.63, 3.8) is 0 Å². The number of hydrogen-bond donors (Lipinski definition) is 1.